The second kappa shape index (κ2) is 9.19. The molecule has 0 atom stereocenters. The maximum absolute atomic E-state index is 13.0. The molecule has 0 saturated carbocycles. The van der Waals surface area contributed by atoms with Crippen molar-refractivity contribution in [2.75, 3.05) is 38.2 Å². The van der Waals surface area contributed by atoms with Crippen LogP contribution in [0.2, 0.25) is 0 Å². The first-order valence-electron chi connectivity index (χ1n) is 9.48. The van der Waals surface area contributed by atoms with Crippen molar-refractivity contribution in [3.05, 3.63) is 51.4 Å². The lowest BCUT2D eigenvalue weighted by Gasteiger charge is -2.26. The zero-order chi connectivity index (χ0) is 21.0. The number of anilines is 1. The van der Waals surface area contributed by atoms with Gasteiger partial charge in [0.1, 0.15) is 5.00 Å². The SMILES string of the molecule is CCOC(=O)c1c(NC(=O)c2ccc(C)cc2)sc(C(=O)N2CCOCC2)c1C. The molecule has 1 aromatic heterocycles. The summed E-state index contributed by atoms with van der Waals surface area (Å²) in [7, 11) is 0. The number of thiophene rings is 1. The number of nitrogens with one attached hydrogen (secondary N) is 1. The number of benzene rings is 1. The lowest BCUT2D eigenvalue weighted by molar-refractivity contribution is 0.0305. The molecule has 1 N–H and O–H groups in total. The van der Waals surface area contributed by atoms with Gasteiger partial charge < -0.3 is 19.7 Å². The van der Waals surface area contributed by atoms with Crippen molar-refractivity contribution >= 4 is 34.1 Å². The Hall–Kier alpha value is -2.71. The molecule has 2 heterocycles. The normalized spacial score (nSPS) is 13.8. The minimum atomic E-state index is -0.554. The van der Waals surface area contributed by atoms with Crippen LogP contribution in [0, 0.1) is 13.8 Å². The van der Waals surface area contributed by atoms with Gasteiger partial charge >= 0.3 is 5.97 Å². The average Bonchev–Trinajstić information content (AvgIpc) is 3.04. The van der Waals surface area contributed by atoms with Gasteiger partial charge in [0.25, 0.3) is 11.8 Å². The van der Waals surface area contributed by atoms with E-state index < -0.39 is 5.97 Å². The summed E-state index contributed by atoms with van der Waals surface area (Å²) in [6.07, 6.45) is 0. The Kier molecular flexibility index (Phi) is 6.66. The smallest absolute Gasteiger partial charge is 0.341 e. The summed E-state index contributed by atoms with van der Waals surface area (Å²) in [5.74, 6) is -1.07. The molecule has 0 aliphatic carbocycles. The molecule has 3 rings (SSSR count). The lowest BCUT2D eigenvalue weighted by atomic mass is 10.1. The summed E-state index contributed by atoms with van der Waals surface area (Å²) in [6.45, 7) is 7.52. The third-order valence-electron chi connectivity index (χ3n) is 4.66. The molecule has 0 bridgehead atoms. The Morgan fingerprint density at radius 2 is 1.79 bits per heavy atom. The molecule has 1 aliphatic rings. The van der Waals surface area contributed by atoms with Gasteiger partial charge in [-0.15, -0.1) is 11.3 Å². The van der Waals surface area contributed by atoms with Gasteiger partial charge in [-0.05, 0) is 38.5 Å². The Bertz CT molecular complexity index is 914. The predicted octanol–water partition coefficient (Wildman–Crippen LogP) is 3.27. The monoisotopic (exact) mass is 416 g/mol. The molecule has 1 saturated heterocycles. The molecule has 8 heteroatoms. The first-order chi connectivity index (χ1) is 13.9. The number of esters is 1. The fourth-order valence-corrected chi connectivity index (χ4v) is 4.20. The van der Waals surface area contributed by atoms with E-state index in [1.807, 2.05) is 19.1 Å². The van der Waals surface area contributed by atoms with Crippen LogP contribution in [-0.2, 0) is 9.47 Å². The van der Waals surface area contributed by atoms with Crippen LogP contribution in [0.25, 0.3) is 0 Å². The molecule has 1 aromatic carbocycles. The average molecular weight is 416 g/mol. The van der Waals surface area contributed by atoms with Crippen LogP contribution in [0.4, 0.5) is 5.00 Å². The minimum Gasteiger partial charge on any atom is -0.462 e. The molecule has 29 heavy (non-hydrogen) atoms. The fraction of sp³-hybridized carbons (Fsp3) is 0.381. The number of nitrogens with zero attached hydrogens (tertiary/aromatic N) is 1. The van der Waals surface area contributed by atoms with Gasteiger partial charge in [-0.2, -0.15) is 0 Å². The maximum Gasteiger partial charge on any atom is 0.341 e. The summed E-state index contributed by atoms with van der Waals surface area (Å²) in [5.41, 5.74) is 2.26. The van der Waals surface area contributed by atoms with E-state index in [1.54, 1.807) is 30.9 Å². The van der Waals surface area contributed by atoms with Crippen molar-refractivity contribution in [2.24, 2.45) is 0 Å². The largest absolute Gasteiger partial charge is 0.462 e. The number of hydrogen-bond acceptors (Lipinski definition) is 6. The Morgan fingerprint density at radius 3 is 2.41 bits per heavy atom. The van der Waals surface area contributed by atoms with Crippen LogP contribution in [0.15, 0.2) is 24.3 Å². The lowest BCUT2D eigenvalue weighted by Crippen LogP contribution is -2.40. The molecular weight excluding hydrogens is 392 g/mol. The molecular formula is C21H24N2O5S. The summed E-state index contributed by atoms with van der Waals surface area (Å²) in [5, 5.41) is 3.11. The predicted molar refractivity (Wildman–Crippen MR) is 111 cm³/mol. The van der Waals surface area contributed by atoms with Gasteiger partial charge in [0.2, 0.25) is 0 Å². The van der Waals surface area contributed by atoms with Crippen LogP contribution < -0.4 is 5.32 Å². The number of hydrogen-bond donors (Lipinski definition) is 1. The van der Waals surface area contributed by atoms with Gasteiger partial charge in [0, 0.05) is 18.7 Å². The third kappa shape index (κ3) is 4.65. The summed E-state index contributed by atoms with van der Waals surface area (Å²) < 4.78 is 10.5. The summed E-state index contributed by atoms with van der Waals surface area (Å²) in [4.78, 5) is 40.3. The highest BCUT2D eigenvalue weighted by atomic mass is 32.1. The highest BCUT2D eigenvalue weighted by Crippen LogP contribution is 2.35. The van der Waals surface area contributed by atoms with Gasteiger partial charge in [0.05, 0.1) is 30.3 Å². The molecule has 1 fully saturated rings. The van der Waals surface area contributed by atoms with E-state index in [-0.39, 0.29) is 24.0 Å². The standard InChI is InChI=1S/C21H24N2O5S/c1-4-28-21(26)16-14(3)17(20(25)23-9-11-27-12-10-23)29-19(16)22-18(24)15-7-5-13(2)6-8-15/h5-8H,4,9-12H2,1-3H3,(H,22,24). The van der Waals surface area contributed by atoms with E-state index in [2.05, 4.69) is 5.32 Å². The van der Waals surface area contributed by atoms with Crippen LogP contribution in [-0.4, -0.2) is 55.6 Å². The number of rotatable bonds is 5. The van der Waals surface area contributed by atoms with Crippen LogP contribution in [0.5, 0.6) is 0 Å². The molecule has 2 amide bonds. The van der Waals surface area contributed by atoms with E-state index in [0.717, 1.165) is 16.9 Å². The molecule has 2 aromatic rings. The molecule has 1 aliphatic heterocycles. The summed E-state index contributed by atoms with van der Waals surface area (Å²) >= 11 is 1.10. The highest BCUT2D eigenvalue weighted by molar-refractivity contribution is 7.18. The zero-order valence-corrected chi connectivity index (χ0v) is 17.6. The van der Waals surface area contributed by atoms with Crippen LogP contribution in [0.1, 0.15) is 48.4 Å². The van der Waals surface area contributed by atoms with Crippen molar-refractivity contribution in [2.45, 2.75) is 20.8 Å². The van der Waals surface area contributed by atoms with E-state index in [1.165, 1.54) is 0 Å². The molecule has 154 valence electrons. The first kappa shape index (κ1) is 21.0. The second-order valence-corrected chi connectivity index (χ2v) is 7.73. The van der Waals surface area contributed by atoms with E-state index >= 15 is 0 Å². The number of aryl methyl sites for hydroxylation is 1. The minimum absolute atomic E-state index is 0.169. The van der Waals surface area contributed by atoms with Crippen LogP contribution in [0.3, 0.4) is 0 Å². The number of amides is 2. The van der Waals surface area contributed by atoms with E-state index in [4.69, 9.17) is 9.47 Å². The molecule has 0 unspecified atom stereocenters. The van der Waals surface area contributed by atoms with Crippen molar-refractivity contribution in [3.63, 3.8) is 0 Å². The Labute approximate surface area is 173 Å². The molecule has 0 radical (unpaired) electrons. The van der Waals surface area contributed by atoms with Crippen LogP contribution >= 0.6 is 11.3 Å². The van der Waals surface area contributed by atoms with Crippen molar-refractivity contribution in [3.8, 4) is 0 Å². The van der Waals surface area contributed by atoms with Gasteiger partial charge in [-0.3, -0.25) is 9.59 Å². The fourth-order valence-electron chi connectivity index (χ4n) is 3.04. The zero-order valence-electron chi connectivity index (χ0n) is 16.7. The topological polar surface area (TPSA) is 84.9 Å². The quantitative estimate of drug-likeness (QED) is 0.756. The van der Waals surface area contributed by atoms with Crippen molar-refractivity contribution in [1.82, 2.24) is 4.90 Å². The van der Waals surface area contributed by atoms with Crippen molar-refractivity contribution < 1.29 is 23.9 Å². The number of morpholine rings is 1. The summed E-state index contributed by atoms with van der Waals surface area (Å²) in [6, 6.07) is 7.12. The van der Waals surface area contributed by atoms with Gasteiger partial charge in [-0.1, -0.05) is 17.7 Å². The molecule has 0 spiro atoms. The van der Waals surface area contributed by atoms with Gasteiger partial charge in [0.15, 0.2) is 0 Å². The van der Waals surface area contributed by atoms with Crippen molar-refractivity contribution in [1.29, 1.82) is 0 Å². The number of ether oxygens (including phenoxy) is 2. The Balaban J connectivity index is 1.93. The third-order valence-corrected chi connectivity index (χ3v) is 5.85. The van der Waals surface area contributed by atoms with E-state index in [0.29, 0.717) is 47.3 Å². The van der Waals surface area contributed by atoms with Gasteiger partial charge in [-0.25, -0.2) is 4.79 Å². The van der Waals surface area contributed by atoms with E-state index in [9.17, 15) is 14.4 Å². The number of carbonyl (C=O) groups is 3. The maximum atomic E-state index is 13.0. The highest BCUT2D eigenvalue weighted by Gasteiger charge is 2.29. The number of carbonyl (C=O) groups excluding carboxylic acids is 3. The molecule has 7 nitrogen and oxygen atoms in total. The Morgan fingerprint density at radius 1 is 1.14 bits per heavy atom. The first-order valence-corrected chi connectivity index (χ1v) is 10.3. The second-order valence-electron chi connectivity index (χ2n) is 6.71.